The van der Waals surface area contributed by atoms with Gasteiger partial charge in [0.1, 0.15) is 0 Å². The van der Waals surface area contributed by atoms with Crippen molar-refractivity contribution in [1.82, 2.24) is 0 Å². The molecule has 5 nitrogen and oxygen atoms in total. The molecule has 0 spiro atoms. The summed E-state index contributed by atoms with van der Waals surface area (Å²) in [7, 11) is 0. The molecule has 1 amide bonds. The van der Waals surface area contributed by atoms with E-state index < -0.39 is 24.1 Å². The van der Waals surface area contributed by atoms with Gasteiger partial charge in [-0.3, -0.25) is 4.79 Å². The molecule has 0 heterocycles. The third-order valence-corrected chi connectivity index (χ3v) is 5.09. The van der Waals surface area contributed by atoms with Gasteiger partial charge in [-0.15, -0.1) is 0 Å². The summed E-state index contributed by atoms with van der Waals surface area (Å²) in [4.78, 5) is 26.0. The van der Waals surface area contributed by atoms with Crippen LogP contribution in [0.3, 0.4) is 0 Å². The number of para-hydroxylation sites is 1. The van der Waals surface area contributed by atoms with Crippen molar-refractivity contribution in [2.45, 2.75) is 26.4 Å². The Bertz CT molecular complexity index is 972. The summed E-state index contributed by atoms with van der Waals surface area (Å²) in [5, 5.41) is 2.84. The first-order valence-corrected chi connectivity index (χ1v) is 10.3. The molecule has 3 rings (SSSR count). The minimum absolute atomic E-state index is 0.285. The Labute approximate surface area is 183 Å². The quantitative estimate of drug-likeness (QED) is 0.537. The number of benzene rings is 3. The Hall–Kier alpha value is -3.44. The summed E-state index contributed by atoms with van der Waals surface area (Å²) in [5.41, 5.74) is 2.43. The van der Waals surface area contributed by atoms with Crippen molar-refractivity contribution in [2.24, 2.45) is 0 Å². The number of anilines is 1. The smallest absolute Gasteiger partial charge is 0.348 e. The molecule has 3 aromatic rings. The highest BCUT2D eigenvalue weighted by molar-refractivity contribution is 5.95. The van der Waals surface area contributed by atoms with Gasteiger partial charge in [0.05, 0.1) is 0 Å². The SMILES string of the molecule is CCOC(C(=O)OCC(=O)Nc1c(C)cccc1C)(c1ccccc1)c1ccccc1. The zero-order chi connectivity index (χ0) is 22.3. The monoisotopic (exact) mass is 417 g/mol. The molecular formula is C26H27NO4. The summed E-state index contributed by atoms with van der Waals surface area (Å²) >= 11 is 0. The van der Waals surface area contributed by atoms with E-state index in [0.717, 1.165) is 16.8 Å². The average Bonchev–Trinajstić information content (AvgIpc) is 2.79. The van der Waals surface area contributed by atoms with E-state index in [1.54, 1.807) is 0 Å². The van der Waals surface area contributed by atoms with Crippen LogP contribution >= 0.6 is 0 Å². The van der Waals surface area contributed by atoms with Gasteiger partial charge in [0.15, 0.2) is 6.61 Å². The number of nitrogens with one attached hydrogen (secondary N) is 1. The van der Waals surface area contributed by atoms with Crippen LogP contribution in [0, 0.1) is 13.8 Å². The van der Waals surface area contributed by atoms with E-state index in [0.29, 0.717) is 11.1 Å². The number of amides is 1. The highest BCUT2D eigenvalue weighted by atomic mass is 16.6. The van der Waals surface area contributed by atoms with Gasteiger partial charge >= 0.3 is 5.97 Å². The fraction of sp³-hybridized carbons (Fsp3) is 0.231. The molecule has 0 radical (unpaired) electrons. The minimum atomic E-state index is -1.46. The Kier molecular flexibility index (Phi) is 7.21. The first kappa shape index (κ1) is 22.2. The molecule has 3 aromatic carbocycles. The van der Waals surface area contributed by atoms with Gasteiger partial charge in [-0.25, -0.2) is 4.79 Å². The highest BCUT2D eigenvalue weighted by Crippen LogP contribution is 2.35. The molecule has 0 aromatic heterocycles. The number of esters is 1. The molecule has 0 aliphatic carbocycles. The fourth-order valence-electron chi connectivity index (χ4n) is 3.61. The lowest BCUT2D eigenvalue weighted by Crippen LogP contribution is -2.42. The molecular weight excluding hydrogens is 390 g/mol. The molecule has 0 saturated carbocycles. The predicted molar refractivity (Wildman–Crippen MR) is 121 cm³/mol. The lowest BCUT2D eigenvalue weighted by atomic mass is 9.86. The number of hydrogen-bond acceptors (Lipinski definition) is 4. The molecule has 0 saturated heterocycles. The van der Waals surface area contributed by atoms with Crippen LogP contribution < -0.4 is 5.32 Å². The van der Waals surface area contributed by atoms with E-state index in [1.165, 1.54) is 0 Å². The number of hydrogen-bond donors (Lipinski definition) is 1. The molecule has 0 aliphatic heterocycles. The third kappa shape index (κ3) is 4.84. The average molecular weight is 418 g/mol. The molecule has 0 fully saturated rings. The fourth-order valence-corrected chi connectivity index (χ4v) is 3.61. The summed E-state index contributed by atoms with van der Waals surface area (Å²) in [5.74, 6) is -1.04. The summed E-state index contributed by atoms with van der Waals surface area (Å²) < 4.78 is 11.6. The number of carbonyl (C=O) groups is 2. The van der Waals surface area contributed by atoms with Crippen LogP contribution in [0.25, 0.3) is 0 Å². The second kappa shape index (κ2) is 10.0. The van der Waals surface area contributed by atoms with Gasteiger partial charge in [0.25, 0.3) is 5.91 Å². The lowest BCUT2D eigenvalue weighted by Gasteiger charge is -2.32. The maximum absolute atomic E-state index is 13.4. The Morgan fingerprint density at radius 2 is 1.32 bits per heavy atom. The second-order valence-electron chi connectivity index (χ2n) is 7.24. The van der Waals surface area contributed by atoms with Crippen LogP contribution in [0.2, 0.25) is 0 Å². The molecule has 1 N–H and O–H groups in total. The van der Waals surface area contributed by atoms with Crippen LogP contribution in [-0.4, -0.2) is 25.1 Å². The van der Waals surface area contributed by atoms with Crippen LogP contribution in [0.4, 0.5) is 5.69 Å². The van der Waals surface area contributed by atoms with Gasteiger partial charge in [-0.1, -0.05) is 78.9 Å². The van der Waals surface area contributed by atoms with E-state index in [1.807, 2.05) is 99.6 Å². The first-order valence-electron chi connectivity index (χ1n) is 10.3. The van der Waals surface area contributed by atoms with Crippen molar-refractivity contribution in [3.63, 3.8) is 0 Å². The number of aryl methyl sites for hydroxylation is 2. The van der Waals surface area contributed by atoms with E-state index in [-0.39, 0.29) is 6.61 Å². The highest BCUT2D eigenvalue weighted by Gasteiger charge is 2.45. The Balaban J connectivity index is 1.86. The van der Waals surface area contributed by atoms with Gasteiger partial charge in [-0.05, 0) is 43.0 Å². The molecule has 31 heavy (non-hydrogen) atoms. The van der Waals surface area contributed by atoms with Crippen molar-refractivity contribution < 1.29 is 19.1 Å². The first-order chi connectivity index (χ1) is 15.0. The molecule has 5 heteroatoms. The van der Waals surface area contributed by atoms with E-state index >= 15 is 0 Å². The third-order valence-electron chi connectivity index (χ3n) is 5.09. The molecule has 160 valence electrons. The largest absolute Gasteiger partial charge is 0.453 e. The molecule has 0 unspecified atom stereocenters. The summed E-state index contributed by atoms with van der Waals surface area (Å²) in [6, 6.07) is 24.1. The molecule has 0 bridgehead atoms. The van der Waals surface area contributed by atoms with E-state index in [2.05, 4.69) is 5.32 Å². The van der Waals surface area contributed by atoms with Crippen LogP contribution in [-0.2, 0) is 24.7 Å². The van der Waals surface area contributed by atoms with Crippen molar-refractivity contribution in [3.8, 4) is 0 Å². The Morgan fingerprint density at radius 3 is 1.81 bits per heavy atom. The van der Waals surface area contributed by atoms with Crippen LogP contribution in [0.15, 0.2) is 78.9 Å². The standard InChI is InChI=1S/C26H27NO4/c1-4-31-26(21-14-7-5-8-15-21,22-16-9-6-10-17-22)25(29)30-18-23(28)27-24-19(2)12-11-13-20(24)3/h5-17H,4,18H2,1-3H3,(H,27,28). The number of ether oxygens (including phenoxy) is 2. The van der Waals surface area contributed by atoms with Crippen molar-refractivity contribution in [1.29, 1.82) is 0 Å². The van der Waals surface area contributed by atoms with Gasteiger partial charge in [0, 0.05) is 12.3 Å². The topological polar surface area (TPSA) is 64.6 Å². The van der Waals surface area contributed by atoms with E-state index in [9.17, 15) is 9.59 Å². The summed E-state index contributed by atoms with van der Waals surface area (Å²) in [6.45, 7) is 5.52. The molecule has 0 aliphatic rings. The van der Waals surface area contributed by atoms with Gasteiger partial charge < -0.3 is 14.8 Å². The van der Waals surface area contributed by atoms with Gasteiger partial charge in [-0.2, -0.15) is 0 Å². The Morgan fingerprint density at radius 1 is 0.806 bits per heavy atom. The predicted octanol–water partition coefficient (Wildman–Crippen LogP) is 4.77. The number of rotatable bonds is 8. The van der Waals surface area contributed by atoms with Crippen molar-refractivity contribution in [3.05, 3.63) is 101 Å². The molecule has 0 atom stereocenters. The van der Waals surface area contributed by atoms with Crippen LogP contribution in [0.5, 0.6) is 0 Å². The maximum Gasteiger partial charge on any atom is 0.348 e. The normalized spacial score (nSPS) is 11.1. The number of carbonyl (C=O) groups excluding carboxylic acids is 2. The zero-order valence-corrected chi connectivity index (χ0v) is 18.1. The van der Waals surface area contributed by atoms with Gasteiger partial charge in [0.2, 0.25) is 5.60 Å². The summed E-state index contributed by atoms with van der Waals surface area (Å²) in [6.07, 6.45) is 0. The minimum Gasteiger partial charge on any atom is -0.453 e. The van der Waals surface area contributed by atoms with Crippen molar-refractivity contribution in [2.75, 3.05) is 18.5 Å². The van der Waals surface area contributed by atoms with Crippen molar-refractivity contribution >= 4 is 17.6 Å². The zero-order valence-electron chi connectivity index (χ0n) is 18.1. The maximum atomic E-state index is 13.4. The van der Waals surface area contributed by atoms with Crippen LogP contribution in [0.1, 0.15) is 29.2 Å². The lowest BCUT2D eigenvalue weighted by molar-refractivity contribution is -0.169. The second-order valence-corrected chi connectivity index (χ2v) is 7.24. The van der Waals surface area contributed by atoms with E-state index in [4.69, 9.17) is 9.47 Å².